The Balaban J connectivity index is 1.75. The summed E-state index contributed by atoms with van der Waals surface area (Å²) in [4.78, 5) is 5.23. The predicted molar refractivity (Wildman–Crippen MR) is 80.0 cm³/mol. The van der Waals surface area contributed by atoms with E-state index in [1.807, 2.05) is 12.1 Å². The van der Waals surface area contributed by atoms with Gasteiger partial charge in [0.1, 0.15) is 5.82 Å². The molecule has 2 saturated heterocycles. The molecule has 110 valence electrons. The standard InChI is InChI=1S/C17H25FN2/c1-13(2)17-12-19-8-4-7-16(19)11-20(17)10-14-5-3-6-15(18)9-14/h3,5-6,9,13,16-17H,4,7-8,10-12H2,1-2H3. The minimum absolute atomic E-state index is 0.122. The average molecular weight is 276 g/mol. The molecule has 0 spiro atoms. The quantitative estimate of drug-likeness (QED) is 0.837. The fraction of sp³-hybridized carbons (Fsp3) is 0.647. The molecule has 3 rings (SSSR count). The molecule has 0 radical (unpaired) electrons. The van der Waals surface area contributed by atoms with E-state index >= 15 is 0 Å². The summed E-state index contributed by atoms with van der Waals surface area (Å²) in [5, 5.41) is 0. The number of halogens is 1. The summed E-state index contributed by atoms with van der Waals surface area (Å²) >= 11 is 0. The normalized spacial score (nSPS) is 28.0. The van der Waals surface area contributed by atoms with Gasteiger partial charge in [0.25, 0.3) is 0 Å². The van der Waals surface area contributed by atoms with Crippen LogP contribution in [-0.2, 0) is 6.54 Å². The molecule has 1 aromatic carbocycles. The summed E-state index contributed by atoms with van der Waals surface area (Å²) in [6.07, 6.45) is 2.66. The smallest absolute Gasteiger partial charge is 0.123 e. The summed E-state index contributed by atoms with van der Waals surface area (Å²) in [7, 11) is 0. The predicted octanol–water partition coefficient (Wildman–Crippen LogP) is 3.13. The van der Waals surface area contributed by atoms with Crippen molar-refractivity contribution in [3.05, 3.63) is 35.6 Å². The van der Waals surface area contributed by atoms with Gasteiger partial charge in [0.05, 0.1) is 0 Å². The fourth-order valence-electron chi connectivity index (χ4n) is 3.79. The van der Waals surface area contributed by atoms with E-state index in [0.29, 0.717) is 12.0 Å². The van der Waals surface area contributed by atoms with E-state index in [1.165, 1.54) is 32.0 Å². The van der Waals surface area contributed by atoms with Gasteiger partial charge in [-0.1, -0.05) is 26.0 Å². The summed E-state index contributed by atoms with van der Waals surface area (Å²) < 4.78 is 13.4. The maximum atomic E-state index is 13.4. The molecule has 0 N–H and O–H groups in total. The lowest BCUT2D eigenvalue weighted by Crippen LogP contribution is -2.57. The molecular weight excluding hydrogens is 251 g/mol. The molecule has 20 heavy (non-hydrogen) atoms. The van der Waals surface area contributed by atoms with Crippen LogP contribution >= 0.6 is 0 Å². The van der Waals surface area contributed by atoms with Crippen molar-refractivity contribution >= 4 is 0 Å². The second kappa shape index (κ2) is 5.82. The topological polar surface area (TPSA) is 6.48 Å². The molecule has 2 aliphatic rings. The van der Waals surface area contributed by atoms with Crippen LogP contribution in [0.2, 0.25) is 0 Å². The number of hydrogen-bond acceptors (Lipinski definition) is 2. The molecule has 2 heterocycles. The third-order valence-corrected chi connectivity index (χ3v) is 4.88. The average Bonchev–Trinajstić information content (AvgIpc) is 2.84. The van der Waals surface area contributed by atoms with Crippen LogP contribution in [0.15, 0.2) is 24.3 Å². The van der Waals surface area contributed by atoms with Crippen molar-refractivity contribution in [3.8, 4) is 0 Å². The molecule has 2 atom stereocenters. The van der Waals surface area contributed by atoms with Gasteiger partial charge in [-0.2, -0.15) is 0 Å². The van der Waals surface area contributed by atoms with Gasteiger partial charge in [0.2, 0.25) is 0 Å². The number of rotatable bonds is 3. The van der Waals surface area contributed by atoms with E-state index < -0.39 is 0 Å². The van der Waals surface area contributed by atoms with Gasteiger partial charge in [-0.05, 0) is 43.0 Å². The largest absolute Gasteiger partial charge is 0.298 e. The van der Waals surface area contributed by atoms with Gasteiger partial charge in [-0.25, -0.2) is 4.39 Å². The van der Waals surface area contributed by atoms with Crippen molar-refractivity contribution in [2.45, 2.75) is 45.3 Å². The first-order chi connectivity index (χ1) is 9.63. The molecule has 0 saturated carbocycles. The van der Waals surface area contributed by atoms with Crippen molar-refractivity contribution in [2.75, 3.05) is 19.6 Å². The van der Waals surface area contributed by atoms with Gasteiger partial charge in [0, 0.05) is 31.7 Å². The lowest BCUT2D eigenvalue weighted by atomic mass is 9.96. The van der Waals surface area contributed by atoms with E-state index in [0.717, 1.165) is 24.7 Å². The van der Waals surface area contributed by atoms with Crippen molar-refractivity contribution in [2.24, 2.45) is 5.92 Å². The molecule has 2 unspecified atom stereocenters. The van der Waals surface area contributed by atoms with Gasteiger partial charge in [-0.15, -0.1) is 0 Å². The van der Waals surface area contributed by atoms with Crippen molar-refractivity contribution in [1.29, 1.82) is 0 Å². The monoisotopic (exact) mass is 276 g/mol. The highest BCUT2D eigenvalue weighted by atomic mass is 19.1. The Bertz CT molecular complexity index is 460. The van der Waals surface area contributed by atoms with Crippen LogP contribution in [-0.4, -0.2) is 41.5 Å². The highest BCUT2D eigenvalue weighted by Gasteiger charge is 2.37. The molecule has 1 aromatic rings. The van der Waals surface area contributed by atoms with E-state index in [2.05, 4.69) is 23.6 Å². The molecule has 2 fully saturated rings. The van der Waals surface area contributed by atoms with Crippen LogP contribution in [0.4, 0.5) is 4.39 Å². The lowest BCUT2D eigenvalue weighted by molar-refractivity contribution is 0.0239. The van der Waals surface area contributed by atoms with Crippen LogP contribution in [0.3, 0.4) is 0 Å². The second-order valence-corrected chi connectivity index (χ2v) is 6.66. The van der Waals surface area contributed by atoms with Crippen LogP contribution in [0.25, 0.3) is 0 Å². The first-order valence-corrected chi connectivity index (χ1v) is 7.86. The number of piperazine rings is 1. The SMILES string of the molecule is CC(C)C1CN2CCCC2CN1Cc1cccc(F)c1. The Morgan fingerprint density at radius 1 is 1.30 bits per heavy atom. The number of hydrogen-bond donors (Lipinski definition) is 0. The summed E-state index contributed by atoms with van der Waals surface area (Å²) in [5.74, 6) is 0.521. The first-order valence-electron chi connectivity index (χ1n) is 7.86. The fourth-order valence-corrected chi connectivity index (χ4v) is 3.79. The van der Waals surface area contributed by atoms with E-state index in [9.17, 15) is 4.39 Å². The molecule has 0 bridgehead atoms. The maximum absolute atomic E-state index is 13.4. The van der Waals surface area contributed by atoms with Gasteiger partial charge < -0.3 is 0 Å². The Labute approximate surface area is 121 Å². The molecular formula is C17H25FN2. The molecule has 0 amide bonds. The van der Waals surface area contributed by atoms with Crippen molar-refractivity contribution < 1.29 is 4.39 Å². The van der Waals surface area contributed by atoms with Gasteiger partial charge in [-0.3, -0.25) is 9.80 Å². The second-order valence-electron chi connectivity index (χ2n) is 6.66. The molecule has 3 heteroatoms. The number of benzene rings is 1. The van der Waals surface area contributed by atoms with E-state index in [-0.39, 0.29) is 5.82 Å². The molecule has 2 aliphatic heterocycles. The Morgan fingerprint density at radius 3 is 2.90 bits per heavy atom. The van der Waals surface area contributed by atoms with Gasteiger partial charge >= 0.3 is 0 Å². The van der Waals surface area contributed by atoms with Crippen LogP contribution in [0.1, 0.15) is 32.3 Å². The van der Waals surface area contributed by atoms with E-state index in [4.69, 9.17) is 0 Å². The highest BCUT2D eigenvalue weighted by molar-refractivity contribution is 5.16. The third-order valence-electron chi connectivity index (χ3n) is 4.88. The van der Waals surface area contributed by atoms with Gasteiger partial charge in [0.15, 0.2) is 0 Å². The summed E-state index contributed by atoms with van der Waals surface area (Å²) in [6, 6.07) is 8.38. The third kappa shape index (κ3) is 2.89. The van der Waals surface area contributed by atoms with E-state index in [1.54, 1.807) is 6.07 Å². The zero-order chi connectivity index (χ0) is 14.1. The Kier molecular flexibility index (Phi) is 4.08. The maximum Gasteiger partial charge on any atom is 0.123 e. The summed E-state index contributed by atoms with van der Waals surface area (Å²) in [6.45, 7) is 9.07. The van der Waals surface area contributed by atoms with Crippen molar-refractivity contribution in [3.63, 3.8) is 0 Å². The zero-order valence-electron chi connectivity index (χ0n) is 12.6. The molecule has 0 aromatic heterocycles. The summed E-state index contributed by atoms with van der Waals surface area (Å²) in [5.41, 5.74) is 1.10. The highest BCUT2D eigenvalue weighted by Crippen LogP contribution is 2.28. The lowest BCUT2D eigenvalue weighted by Gasteiger charge is -2.45. The van der Waals surface area contributed by atoms with Crippen molar-refractivity contribution in [1.82, 2.24) is 9.80 Å². The minimum Gasteiger partial charge on any atom is -0.298 e. The minimum atomic E-state index is -0.122. The Hall–Kier alpha value is -0.930. The molecule has 0 aliphatic carbocycles. The number of nitrogens with zero attached hydrogens (tertiary/aromatic N) is 2. The van der Waals surface area contributed by atoms with Crippen LogP contribution in [0.5, 0.6) is 0 Å². The molecule has 2 nitrogen and oxygen atoms in total. The number of fused-ring (bicyclic) bond motifs is 1. The zero-order valence-corrected chi connectivity index (χ0v) is 12.6. The first kappa shape index (κ1) is 14.0. The Morgan fingerprint density at radius 2 is 2.15 bits per heavy atom. The van der Waals surface area contributed by atoms with Crippen LogP contribution in [0, 0.1) is 11.7 Å². The van der Waals surface area contributed by atoms with Crippen LogP contribution < -0.4 is 0 Å².